The van der Waals surface area contributed by atoms with Gasteiger partial charge in [-0.15, -0.1) is 0 Å². The van der Waals surface area contributed by atoms with Crippen LogP contribution >= 0.6 is 0 Å². The molecule has 1 aliphatic heterocycles. The number of rotatable bonds is 3. The molecule has 0 aromatic heterocycles. The summed E-state index contributed by atoms with van der Waals surface area (Å²) >= 11 is 0. The summed E-state index contributed by atoms with van der Waals surface area (Å²) in [7, 11) is 0. The molecular formula is C21H20N4O2. The lowest BCUT2D eigenvalue weighted by molar-refractivity contribution is -0.123. The number of nitrogens with one attached hydrogen (secondary N) is 4. The first-order chi connectivity index (χ1) is 13.2. The van der Waals surface area contributed by atoms with Crippen LogP contribution < -0.4 is 21.7 Å². The quantitative estimate of drug-likeness (QED) is 0.540. The third-order valence-corrected chi connectivity index (χ3v) is 4.76. The Bertz CT molecular complexity index is 969. The Kier molecular flexibility index (Phi) is 4.82. The Morgan fingerprint density at radius 3 is 2.41 bits per heavy atom. The molecule has 0 bridgehead atoms. The predicted molar refractivity (Wildman–Crippen MR) is 103 cm³/mol. The summed E-state index contributed by atoms with van der Waals surface area (Å²) in [4.78, 5) is 24.9. The fraction of sp³-hybridized carbons (Fsp3) is 0.143. The van der Waals surface area contributed by atoms with Gasteiger partial charge in [0.2, 0.25) is 0 Å². The van der Waals surface area contributed by atoms with E-state index in [1.54, 1.807) is 6.07 Å². The Morgan fingerprint density at radius 1 is 0.815 bits per heavy atom. The van der Waals surface area contributed by atoms with Gasteiger partial charge in [0.1, 0.15) is 6.04 Å². The zero-order valence-electron chi connectivity index (χ0n) is 14.6. The highest BCUT2D eigenvalue weighted by Gasteiger charge is 2.30. The monoisotopic (exact) mass is 360 g/mol. The van der Waals surface area contributed by atoms with Gasteiger partial charge in [-0.25, -0.2) is 10.9 Å². The minimum atomic E-state index is -0.428. The molecular weight excluding hydrogens is 340 g/mol. The smallest absolute Gasteiger partial charge is 0.270 e. The topological polar surface area (TPSA) is 82.3 Å². The molecule has 2 amide bonds. The third-order valence-electron chi connectivity index (χ3n) is 4.76. The van der Waals surface area contributed by atoms with Crippen LogP contribution in [-0.4, -0.2) is 17.9 Å². The number of carbonyl (C=O) groups is 2. The Labute approximate surface area is 156 Å². The van der Waals surface area contributed by atoms with Gasteiger partial charge in [0.15, 0.2) is 0 Å². The molecule has 3 aromatic rings. The van der Waals surface area contributed by atoms with E-state index in [1.807, 2.05) is 66.7 Å². The zero-order chi connectivity index (χ0) is 18.6. The van der Waals surface area contributed by atoms with Crippen LogP contribution in [0.15, 0.2) is 72.8 Å². The van der Waals surface area contributed by atoms with E-state index in [1.165, 1.54) is 0 Å². The van der Waals surface area contributed by atoms with Crippen molar-refractivity contribution in [1.82, 2.24) is 21.7 Å². The molecule has 136 valence electrons. The fourth-order valence-electron chi connectivity index (χ4n) is 3.33. The number of carbonyl (C=O) groups excluding carboxylic acids is 2. The summed E-state index contributed by atoms with van der Waals surface area (Å²) in [5, 5.41) is 1.82. The number of benzene rings is 3. The molecule has 6 heteroatoms. The Hall–Kier alpha value is -3.22. The van der Waals surface area contributed by atoms with Crippen LogP contribution in [0.1, 0.15) is 28.4 Å². The molecule has 0 saturated carbocycles. The molecule has 3 aromatic carbocycles. The van der Waals surface area contributed by atoms with Crippen molar-refractivity contribution in [3.05, 3.63) is 83.9 Å². The van der Waals surface area contributed by atoms with E-state index in [4.69, 9.17) is 0 Å². The standard InChI is InChI=1S/C21H20N4O2/c26-20(17-12-6-10-14-7-4-5-11-16(14)17)24-25-21(27)19-13-18(22-23-19)15-8-2-1-3-9-15/h1-12,18-19,22-23H,13H2,(H,24,26)(H,25,27). The molecule has 1 fully saturated rings. The highest BCUT2D eigenvalue weighted by Crippen LogP contribution is 2.22. The molecule has 1 aliphatic rings. The van der Waals surface area contributed by atoms with Crippen molar-refractivity contribution in [1.29, 1.82) is 0 Å². The van der Waals surface area contributed by atoms with E-state index in [-0.39, 0.29) is 17.9 Å². The number of hydrazine groups is 2. The first-order valence-electron chi connectivity index (χ1n) is 8.86. The van der Waals surface area contributed by atoms with Gasteiger partial charge < -0.3 is 0 Å². The second-order valence-corrected chi connectivity index (χ2v) is 6.51. The minimum Gasteiger partial charge on any atom is -0.271 e. The van der Waals surface area contributed by atoms with Gasteiger partial charge in [-0.05, 0) is 28.8 Å². The molecule has 4 N–H and O–H groups in total. The van der Waals surface area contributed by atoms with E-state index in [9.17, 15) is 9.59 Å². The second-order valence-electron chi connectivity index (χ2n) is 6.51. The largest absolute Gasteiger partial charge is 0.271 e. The molecule has 2 unspecified atom stereocenters. The van der Waals surface area contributed by atoms with Gasteiger partial charge in [0, 0.05) is 11.6 Å². The predicted octanol–water partition coefficient (Wildman–Crippen LogP) is 2.21. The van der Waals surface area contributed by atoms with E-state index in [0.717, 1.165) is 16.3 Å². The number of hydrogen-bond donors (Lipinski definition) is 4. The highest BCUT2D eigenvalue weighted by atomic mass is 16.2. The van der Waals surface area contributed by atoms with E-state index in [0.29, 0.717) is 12.0 Å². The normalized spacial score (nSPS) is 19.0. The first-order valence-corrected chi connectivity index (χ1v) is 8.86. The maximum absolute atomic E-state index is 12.5. The van der Waals surface area contributed by atoms with Crippen molar-refractivity contribution in [2.24, 2.45) is 0 Å². The van der Waals surface area contributed by atoms with Crippen LogP contribution in [0.25, 0.3) is 10.8 Å². The molecule has 27 heavy (non-hydrogen) atoms. The van der Waals surface area contributed by atoms with Gasteiger partial charge in [-0.2, -0.15) is 0 Å². The summed E-state index contributed by atoms with van der Waals surface area (Å²) in [6.45, 7) is 0. The molecule has 4 rings (SSSR count). The molecule has 6 nitrogen and oxygen atoms in total. The summed E-state index contributed by atoms with van der Waals surface area (Å²) < 4.78 is 0. The Morgan fingerprint density at radius 2 is 1.56 bits per heavy atom. The maximum atomic E-state index is 12.5. The van der Waals surface area contributed by atoms with Crippen LogP contribution in [-0.2, 0) is 4.79 Å². The molecule has 1 heterocycles. The summed E-state index contributed by atoms with van der Waals surface area (Å²) in [6, 6.07) is 22.7. The Balaban J connectivity index is 1.37. The molecule has 1 saturated heterocycles. The van der Waals surface area contributed by atoms with Crippen molar-refractivity contribution < 1.29 is 9.59 Å². The molecule has 0 spiro atoms. The number of amides is 2. The van der Waals surface area contributed by atoms with Crippen molar-refractivity contribution in [2.75, 3.05) is 0 Å². The summed E-state index contributed by atoms with van der Waals surface area (Å²) in [5.74, 6) is -0.625. The number of hydrogen-bond acceptors (Lipinski definition) is 4. The maximum Gasteiger partial charge on any atom is 0.270 e. The van der Waals surface area contributed by atoms with Gasteiger partial charge >= 0.3 is 0 Å². The SMILES string of the molecule is O=C(NNC(=O)C1CC(c2ccccc2)NN1)c1cccc2ccccc12. The summed E-state index contributed by atoms with van der Waals surface area (Å²) in [5.41, 5.74) is 12.8. The van der Waals surface area contributed by atoms with E-state index >= 15 is 0 Å². The minimum absolute atomic E-state index is 0.0516. The summed E-state index contributed by atoms with van der Waals surface area (Å²) in [6.07, 6.45) is 0.597. The molecule has 0 aliphatic carbocycles. The zero-order valence-corrected chi connectivity index (χ0v) is 14.6. The third kappa shape index (κ3) is 3.67. The van der Waals surface area contributed by atoms with Gasteiger partial charge in [0.25, 0.3) is 11.8 Å². The van der Waals surface area contributed by atoms with Gasteiger partial charge in [-0.1, -0.05) is 66.7 Å². The average molecular weight is 360 g/mol. The van der Waals surface area contributed by atoms with Gasteiger partial charge in [0.05, 0.1) is 0 Å². The van der Waals surface area contributed by atoms with E-state index < -0.39 is 6.04 Å². The van der Waals surface area contributed by atoms with Crippen molar-refractivity contribution in [3.8, 4) is 0 Å². The lowest BCUT2D eigenvalue weighted by atomic mass is 10.0. The highest BCUT2D eigenvalue weighted by molar-refractivity contribution is 6.07. The van der Waals surface area contributed by atoms with Crippen LogP contribution in [0.2, 0.25) is 0 Å². The first kappa shape index (κ1) is 17.2. The van der Waals surface area contributed by atoms with Crippen LogP contribution in [0.4, 0.5) is 0 Å². The lowest BCUT2D eigenvalue weighted by Crippen LogP contribution is -2.50. The second kappa shape index (κ2) is 7.57. The number of fused-ring (bicyclic) bond motifs is 1. The van der Waals surface area contributed by atoms with Crippen molar-refractivity contribution in [2.45, 2.75) is 18.5 Å². The van der Waals surface area contributed by atoms with Crippen LogP contribution in [0, 0.1) is 0 Å². The fourth-order valence-corrected chi connectivity index (χ4v) is 3.33. The average Bonchev–Trinajstić information content (AvgIpc) is 3.22. The van der Waals surface area contributed by atoms with Crippen molar-refractivity contribution in [3.63, 3.8) is 0 Å². The van der Waals surface area contributed by atoms with Crippen LogP contribution in [0.5, 0.6) is 0 Å². The van der Waals surface area contributed by atoms with Gasteiger partial charge in [-0.3, -0.25) is 20.4 Å². The van der Waals surface area contributed by atoms with Crippen LogP contribution in [0.3, 0.4) is 0 Å². The lowest BCUT2D eigenvalue weighted by Gasteiger charge is -2.12. The molecule has 0 radical (unpaired) electrons. The van der Waals surface area contributed by atoms with E-state index in [2.05, 4.69) is 21.7 Å². The molecule has 2 atom stereocenters. The van der Waals surface area contributed by atoms with Crippen molar-refractivity contribution >= 4 is 22.6 Å².